The smallest absolute Gasteiger partial charge is 0.353 e. The second-order valence-electron chi connectivity index (χ2n) is 4.72. The Bertz CT molecular complexity index is 463. The van der Waals surface area contributed by atoms with Crippen molar-refractivity contribution < 1.29 is 19.8 Å². The number of nitrogens with one attached hydrogen (secondary N) is 1. The fraction of sp³-hybridized carbons (Fsp3) is 0.583. The van der Waals surface area contributed by atoms with Crippen LogP contribution in [0.5, 0.6) is 0 Å². The lowest BCUT2D eigenvalue weighted by atomic mass is 9.94. The summed E-state index contributed by atoms with van der Waals surface area (Å²) in [6.07, 6.45) is 2.50. The van der Waals surface area contributed by atoms with Crippen molar-refractivity contribution in [2.75, 3.05) is 19.7 Å². The van der Waals surface area contributed by atoms with Crippen molar-refractivity contribution in [1.29, 1.82) is 0 Å². The molecule has 1 fully saturated rings. The highest BCUT2D eigenvalue weighted by Crippen LogP contribution is 2.21. The number of piperidine rings is 1. The van der Waals surface area contributed by atoms with Crippen molar-refractivity contribution in [3.8, 4) is 0 Å². The number of H-pyrrole nitrogens is 1. The third-order valence-electron chi connectivity index (χ3n) is 3.47. The summed E-state index contributed by atoms with van der Waals surface area (Å²) in [5, 5.41) is 23.7. The van der Waals surface area contributed by atoms with Gasteiger partial charge in [0.15, 0.2) is 5.69 Å². The second-order valence-corrected chi connectivity index (χ2v) is 4.72. The van der Waals surface area contributed by atoms with Crippen molar-refractivity contribution in [3.05, 3.63) is 17.5 Å². The molecule has 1 aliphatic rings. The van der Waals surface area contributed by atoms with Gasteiger partial charge >= 0.3 is 5.97 Å². The first-order valence-corrected chi connectivity index (χ1v) is 6.30. The zero-order chi connectivity index (χ0) is 13.8. The third-order valence-corrected chi connectivity index (χ3v) is 3.47. The van der Waals surface area contributed by atoms with E-state index >= 15 is 0 Å². The highest BCUT2D eigenvalue weighted by atomic mass is 16.4. The molecule has 2 heterocycles. The number of amides is 1. The van der Waals surface area contributed by atoms with Crippen LogP contribution in [-0.2, 0) is 0 Å². The van der Waals surface area contributed by atoms with Gasteiger partial charge in [0.1, 0.15) is 5.69 Å². The van der Waals surface area contributed by atoms with Crippen LogP contribution in [0.1, 0.15) is 40.2 Å². The van der Waals surface area contributed by atoms with Crippen molar-refractivity contribution in [3.63, 3.8) is 0 Å². The lowest BCUT2D eigenvalue weighted by molar-refractivity contribution is 0.0670. The number of hydrogen-bond donors (Lipinski definition) is 3. The molecule has 1 aromatic rings. The monoisotopic (exact) mass is 267 g/mol. The van der Waals surface area contributed by atoms with E-state index in [9.17, 15) is 9.59 Å². The van der Waals surface area contributed by atoms with Gasteiger partial charge in [-0.2, -0.15) is 5.10 Å². The minimum absolute atomic E-state index is 0.0847. The fourth-order valence-electron chi connectivity index (χ4n) is 2.31. The average Bonchev–Trinajstić information content (AvgIpc) is 2.89. The molecule has 2 rings (SSSR count). The van der Waals surface area contributed by atoms with Crippen LogP contribution >= 0.6 is 0 Å². The Morgan fingerprint density at radius 2 is 2.11 bits per heavy atom. The van der Waals surface area contributed by atoms with Crippen LogP contribution in [0.3, 0.4) is 0 Å². The molecule has 0 atom stereocenters. The first-order valence-electron chi connectivity index (χ1n) is 6.30. The van der Waals surface area contributed by atoms with Gasteiger partial charge in [0, 0.05) is 25.8 Å². The standard InChI is InChI=1S/C12H17N3O4/c16-6-3-8-1-4-15(5-2-8)11(17)9-7-10(12(18)19)14-13-9/h7-8,16H,1-6H2,(H,13,14)(H,18,19). The molecule has 7 nitrogen and oxygen atoms in total. The predicted molar refractivity (Wildman–Crippen MR) is 65.9 cm³/mol. The molecule has 1 amide bonds. The van der Waals surface area contributed by atoms with Gasteiger partial charge in [-0.1, -0.05) is 0 Å². The van der Waals surface area contributed by atoms with Gasteiger partial charge in [0.05, 0.1) is 0 Å². The largest absolute Gasteiger partial charge is 0.477 e. The highest BCUT2D eigenvalue weighted by Gasteiger charge is 2.25. The fourth-order valence-corrected chi connectivity index (χ4v) is 2.31. The third kappa shape index (κ3) is 3.11. The van der Waals surface area contributed by atoms with Gasteiger partial charge in [-0.15, -0.1) is 0 Å². The Labute approximate surface area is 110 Å². The minimum atomic E-state index is -1.13. The van der Waals surface area contributed by atoms with Crippen molar-refractivity contribution in [2.24, 2.45) is 5.92 Å². The molecule has 1 aliphatic heterocycles. The van der Waals surface area contributed by atoms with E-state index in [4.69, 9.17) is 10.2 Å². The number of aromatic amines is 1. The van der Waals surface area contributed by atoms with Crippen molar-refractivity contribution in [2.45, 2.75) is 19.3 Å². The summed E-state index contributed by atoms with van der Waals surface area (Å²) in [6.45, 7) is 1.43. The molecule has 1 aromatic heterocycles. The number of carbonyl (C=O) groups excluding carboxylic acids is 1. The van der Waals surface area contributed by atoms with Crippen LogP contribution < -0.4 is 0 Å². The van der Waals surface area contributed by atoms with Gasteiger partial charge in [-0.25, -0.2) is 4.79 Å². The van der Waals surface area contributed by atoms with Crippen LogP contribution in [-0.4, -0.2) is 56.9 Å². The van der Waals surface area contributed by atoms with E-state index in [0.29, 0.717) is 19.0 Å². The summed E-state index contributed by atoms with van der Waals surface area (Å²) in [7, 11) is 0. The van der Waals surface area contributed by atoms with Gasteiger partial charge in [0.25, 0.3) is 5.91 Å². The SMILES string of the molecule is O=C(O)c1cc(C(=O)N2CCC(CCO)CC2)n[nH]1. The Morgan fingerprint density at radius 3 is 2.63 bits per heavy atom. The molecule has 0 aromatic carbocycles. The van der Waals surface area contributed by atoms with Gasteiger partial charge < -0.3 is 15.1 Å². The highest BCUT2D eigenvalue weighted by molar-refractivity contribution is 5.95. The van der Waals surface area contributed by atoms with Crippen LogP contribution in [0.15, 0.2) is 6.07 Å². The summed E-state index contributed by atoms with van der Waals surface area (Å²) >= 11 is 0. The molecule has 7 heteroatoms. The van der Waals surface area contributed by atoms with Crippen LogP contribution in [0.2, 0.25) is 0 Å². The summed E-state index contributed by atoms with van der Waals surface area (Å²) in [4.78, 5) is 24.5. The van der Waals surface area contributed by atoms with E-state index in [0.717, 1.165) is 19.3 Å². The zero-order valence-electron chi connectivity index (χ0n) is 10.5. The quantitative estimate of drug-likeness (QED) is 0.729. The predicted octanol–water partition coefficient (Wildman–Crippen LogP) is 0.342. The number of likely N-dealkylation sites (tertiary alicyclic amines) is 1. The number of aromatic carboxylic acids is 1. The molecule has 1 saturated heterocycles. The topological polar surface area (TPSA) is 107 Å². The number of carbonyl (C=O) groups is 2. The maximum atomic E-state index is 12.1. The molecule has 19 heavy (non-hydrogen) atoms. The van der Waals surface area contributed by atoms with E-state index in [1.165, 1.54) is 6.07 Å². The molecule has 0 aliphatic carbocycles. The molecule has 3 N–H and O–H groups in total. The molecule has 0 saturated carbocycles. The first kappa shape index (κ1) is 13.5. The lowest BCUT2D eigenvalue weighted by Gasteiger charge is -2.31. The van der Waals surface area contributed by atoms with Gasteiger partial charge in [-0.3, -0.25) is 9.89 Å². The van der Waals surface area contributed by atoms with E-state index in [1.807, 2.05) is 0 Å². The number of hydrogen-bond acceptors (Lipinski definition) is 4. The Balaban J connectivity index is 1.95. The molecule has 0 bridgehead atoms. The van der Waals surface area contributed by atoms with E-state index < -0.39 is 5.97 Å². The van der Waals surface area contributed by atoms with E-state index in [-0.39, 0.29) is 23.9 Å². The van der Waals surface area contributed by atoms with Gasteiger partial charge in [-0.05, 0) is 25.2 Å². The van der Waals surface area contributed by atoms with E-state index in [1.54, 1.807) is 4.90 Å². The Hall–Kier alpha value is -1.89. The summed E-state index contributed by atoms with van der Waals surface area (Å²) in [5.74, 6) is -0.915. The number of carboxylic acids is 1. The molecular formula is C12H17N3O4. The maximum absolute atomic E-state index is 12.1. The van der Waals surface area contributed by atoms with Crippen LogP contribution in [0.25, 0.3) is 0 Å². The average molecular weight is 267 g/mol. The molecular weight excluding hydrogens is 250 g/mol. The second kappa shape index (κ2) is 5.83. The van der Waals surface area contributed by atoms with E-state index in [2.05, 4.69) is 10.2 Å². The number of nitrogens with zero attached hydrogens (tertiary/aromatic N) is 2. The Kier molecular flexibility index (Phi) is 4.16. The van der Waals surface area contributed by atoms with Crippen molar-refractivity contribution in [1.82, 2.24) is 15.1 Å². The zero-order valence-corrected chi connectivity index (χ0v) is 10.5. The summed E-state index contributed by atoms with van der Waals surface area (Å²) < 4.78 is 0. The number of carboxylic acid groups (broad SMARTS) is 1. The van der Waals surface area contributed by atoms with Gasteiger partial charge in [0.2, 0.25) is 0 Å². The molecule has 104 valence electrons. The van der Waals surface area contributed by atoms with Crippen LogP contribution in [0.4, 0.5) is 0 Å². The summed E-state index contributed by atoms with van der Waals surface area (Å²) in [6, 6.07) is 1.25. The summed E-state index contributed by atoms with van der Waals surface area (Å²) in [5.41, 5.74) is 0.0523. The maximum Gasteiger partial charge on any atom is 0.353 e. The lowest BCUT2D eigenvalue weighted by Crippen LogP contribution is -2.38. The number of aliphatic hydroxyl groups is 1. The number of aliphatic hydroxyl groups excluding tert-OH is 1. The number of aromatic nitrogens is 2. The normalized spacial score (nSPS) is 16.6. The first-order chi connectivity index (χ1) is 9.11. The van der Waals surface area contributed by atoms with Crippen molar-refractivity contribution >= 4 is 11.9 Å². The minimum Gasteiger partial charge on any atom is -0.477 e. The Morgan fingerprint density at radius 1 is 1.42 bits per heavy atom. The molecule has 0 radical (unpaired) electrons. The molecule has 0 spiro atoms. The number of rotatable bonds is 4. The molecule has 0 unspecified atom stereocenters. The van der Waals surface area contributed by atoms with Crippen LogP contribution in [0, 0.1) is 5.92 Å².